The Kier molecular flexibility index (Phi) is 3.23. The average molecular weight is 291 g/mol. The van der Waals surface area contributed by atoms with E-state index in [1.807, 2.05) is 4.72 Å². The van der Waals surface area contributed by atoms with Crippen LogP contribution in [0.3, 0.4) is 0 Å². The van der Waals surface area contributed by atoms with Crippen LogP contribution in [0.4, 0.5) is 18.9 Å². The van der Waals surface area contributed by atoms with Crippen LogP contribution in [0.25, 0.3) is 0 Å². The van der Waals surface area contributed by atoms with Gasteiger partial charge >= 0.3 is 0 Å². The number of anilines is 1. The molecule has 0 bridgehead atoms. The van der Waals surface area contributed by atoms with Crippen molar-refractivity contribution in [2.45, 2.75) is 11.9 Å². The van der Waals surface area contributed by atoms with Gasteiger partial charge in [-0.3, -0.25) is 4.72 Å². The minimum atomic E-state index is -4.06. The second-order valence-corrected chi connectivity index (χ2v) is 5.34. The van der Waals surface area contributed by atoms with Gasteiger partial charge in [-0.25, -0.2) is 18.2 Å². The minimum absolute atomic E-state index is 0.268. The Labute approximate surface area is 106 Å². The maximum absolute atomic E-state index is 13.0. The number of rotatable bonds is 3. The molecule has 19 heavy (non-hydrogen) atoms. The summed E-state index contributed by atoms with van der Waals surface area (Å²) in [5.41, 5.74) is -0.427. The number of aromatic amines is 1. The lowest BCUT2D eigenvalue weighted by molar-refractivity contribution is 0.448. The summed E-state index contributed by atoms with van der Waals surface area (Å²) < 4.78 is 64.1. The summed E-state index contributed by atoms with van der Waals surface area (Å²) in [6.45, 7) is 1.54. The molecule has 1 aromatic carbocycles. The summed E-state index contributed by atoms with van der Waals surface area (Å²) in [5.74, 6) is -4.28. The Bertz CT molecular complexity index is 704. The fraction of sp³-hybridized carbons (Fsp3) is 0.100. The van der Waals surface area contributed by atoms with Crippen molar-refractivity contribution in [3.63, 3.8) is 0 Å². The number of H-pyrrole nitrogens is 1. The molecule has 5 nitrogen and oxygen atoms in total. The molecular weight excluding hydrogens is 283 g/mol. The fourth-order valence-electron chi connectivity index (χ4n) is 1.36. The van der Waals surface area contributed by atoms with Crippen molar-refractivity contribution in [1.82, 2.24) is 9.97 Å². The van der Waals surface area contributed by atoms with E-state index in [0.29, 0.717) is 18.0 Å². The molecule has 0 spiro atoms. The Morgan fingerprint density at radius 2 is 1.79 bits per heavy atom. The lowest BCUT2D eigenvalue weighted by atomic mass is 10.3. The van der Waals surface area contributed by atoms with Crippen molar-refractivity contribution >= 4 is 15.7 Å². The van der Waals surface area contributed by atoms with Crippen LogP contribution in [0.2, 0.25) is 0 Å². The highest BCUT2D eigenvalue weighted by molar-refractivity contribution is 7.92. The SMILES string of the molecule is Cc1ncc(S(=O)(=O)Nc2cc(F)c(F)c(F)c2)[nH]1. The summed E-state index contributed by atoms with van der Waals surface area (Å²) >= 11 is 0. The molecule has 2 aromatic rings. The molecule has 1 aromatic heterocycles. The number of imidazole rings is 1. The van der Waals surface area contributed by atoms with E-state index in [1.165, 1.54) is 6.92 Å². The fourth-order valence-corrected chi connectivity index (χ4v) is 2.37. The van der Waals surface area contributed by atoms with Crippen LogP contribution in [0, 0.1) is 24.4 Å². The monoisotopic (exact) mass is 291 g/mol. The van der Waals surface area contributed by atoms with E-state index in [0.717, 1.165) is 6.20 Å². The molecule has 1 heterocycles. The van der Waals surface area contributed by atoms with Crippen LogP contribution in [0.5, 0.6) is 0 Å². The lowest BCUT2D eigenvalue weighted by Gasteiger charge is -2.07. The molecule has 0 fully saturated rings. The van der Waals surface area contributed by atoms with Gasteiger partial charge in [0.15, 0.2) is 22.5 Å². The number of sulfonamides is 1. The van der Waals surface area contributed by atoms with Gasteiger partial charge in [0.1, 0.15) is 5.82 Å². The topological polar surface area (TPSA) is 74.8 Å². The van der Waals surface area contributed by atoms with Gasteiger partial charge in [-0.15, -0.1) is 0 Å². The van der Waals surface area contributed by atoms with Crippen molar-refractivity contribution in [2.75, 3.05) is 4.72 Å². The zero-order valence-electron chi connectivity index (χ0n) is 9.54. The van der Waals surface area contributed by atoms with Gasteiger partial charge in [0.25, 0.3) is 10.0 Å². The summed E-state index contributed by atoms with van der Waals surface area (Å²) in [7, 11) is -4.06. The predicted molar refractivity (Wildman–Crippen MR) is 60.4 cm³/mol. The number of hydrogen-bond donors (Lipinski definition) is 2. The number of aryl methyl sites for hydroxylation is 1. The third kappa shape index (κ3) is 2.70. The number of nitrogens with zero attached hydrogens (tertiary/aromatic N) is 1. The van der Waals surface area contributed by atoms with Crippen molar-refractivity contribution in [3.8, 4) is 0 Å². The molecule has 2 rings (SSSR count). The van der Waals surface area contributed by atoms with E-state index in [-0.39, 0.29) is 5.03 Å². The Morgan fingerprint density at radius 1 is 1.21 bits per heavy atom. The third-order valence-electron chi connectivity index (χ3n) is 2.21. The number of nitrogens with one attached hydrogen (secondary N) is 2. The van der Waals surface area contributed by atoms with Crippen LogP contribution in [-0.2, 0) is 10.0 Å². The maximum atomic E-state index is 13.0. The molecule has 2 N–H and O–H groups in total. The number of aromatic nitrogens is 2. The van der Waals surface area contributed by atoms with Crippen molar-refractivity contribution in [1.29, 1.82) is 0 Å². The van der Waals surface area contributed by atoms with Gasteiger partial charge < -0.3 is 4.98 Å². The first kappa shape index (κ1) is 13.4. The Balaban J connectivity index is 2.36. The zero-order chi connectivity index (χ0) is 14.2. The minimum Gasteiger partial charge on any atom is -0.332 e. The highest BCUT2D eigenvalue weighted by atomic mass is 32.2. The molecule has 0 atom stereocenters. The van der Waals surface area contributed by atoms with Crippen LogP contribution in [0.1, 0.15) is 5.82 Å². The Morgan fingerprint density at radius 3 is 2.26 bits per heavy atom. The molecule has 0 aliphatic heterocycles. The Hall–Kier alpha value is -2.03. The van der Waals surface area contributed by atoms with Crippen LogP contribution in [0.15, 0.2) is 23.4 Å². The first-order chi connectivity index (χ1) is 8.79. The normalized spacial score (nSPS) is 11.6. The van der Waals surface area contributed by atoms with Gasteiger partial charge in [-0.05, 0) is 6.92 Å². The van der Waals surface area contributed by atoms with Gasteiger partial charge in [0.05, 0.1) is 11.9 Å². The van der Waals surface area contributed by atoms with Crippen LogP contribution < -0.4 is 4.72 Å². The van der Waals surface area contributed by atoms with Crippen molar-refractivity contribution in [2.24, 2.45) is 0 Å². The van der Waals surface area contributed by atoms with E-state index in [9.17, 15) is 21.6 Å². The zero-order valence-corrected chi connectivity index (χ0v) is 10.4. The third-order valence-corrected chi connectivity index (χ3v) is 3.50. The molecule has 0 saturated carbocycles. The quantitative estimate of drug-likeness (QED) is 0.849. The largest absolute Gasteiger partial charge is 0.332 e. The second kappa shape index (κ2) is 4.57. The molecule has 102 valence electrons. The van der Waals surface area contributed by atoms with Gasteiger partial charge in [0, 0.05) is 12.1 Å². The molecule has 0 aliphatic carbocycles. The average Bonchev–Trinajstić information content (AvgIpc) is 2.73. The molecule has 0 radical (unpaired) electrons. The molecule has 9 heteroatoms. The van der Waals surface area contributed by atoms with Crippen LogP contribution in [-0.4, -0.2) is 18.4 Å². The van der Waals surface area contributed by atoms with Gasteiger partial charge in [0.2, 0.25) is 0 Å². The summed E-state index contributed by atoms with van der Waals surface area (Å²) in [6.07, 6.45) is 1.05. The number of benzene rings is 1. The van der Waals surface area contributed by atoms with Crippen molar-refractivity contribution < 1.29 is 21.6 Å². The van der Waals surface area contributed by atoms with E-state index in [2.05, 4.69) is 9.97 Å². The maximum Gasteiger partial charge on any atom is 0.278 e. The number of halogens is 3. The standard InChI is InChI=1S/C10H8F3N3O2S/c1-5-14-4-9(15-5)19(17,18)16-6-2-7(11)10(13)8(12)3-6/h2-4,16H,1H3,(H,14,15). The highest BCUT2D eigenvalue weighted by Crippen LogP contribution is 2.20. The van der Waals surface area contributed by atoms with Crippen molar-refractivity contribution in [3.05, 3.63) is 41.6 Å². The second-order valence-electron chi connectivity index (χ2n) is 3.69. The molecule has 0 amide bonds. The van der Waals surface area contributed by atoms with E-state index >= 15 is 0 Å². The molecular formula is C10H8F3N3O2S. The smallest absolute Gasteiger partial charge is 0.278 e. The van der Waals surface area contributed by atoms with E-state index in [4.69, 9.17) is 0 Å². The number of hydrogen-bond acceptors (Lipinski definition) is 3. The molecule has 0 unspecified atom stereocenters. The highest BCUT2D eigenvalue weighted by Gasteiger charge is 2.19. The van der Waals surface area contributed by atoms with E-state index in [1.54, 1.807) is 0 Å². The first-order valence-electron chi connectivity index (χ1n) is 4.98. The summed E-state index contributed by atoms with van der Waals surface area (Å²) in [5, 5.41) is -0.268. The van der Waals surface area contributed by atoms with Crippen LogP contribution >= 0.6 is 0 Å². The predicted octanol–water partition coefficient (Wildman–Crippen LogP) is 1.94. The van der Waals surface area contributed by atoms with E-state index < -0.39 is 33.2 Å². The first-order valence-corrected chi connectivity index (χ1v) is 6.47. The molecule has 0 saturated heterocycles. The van der Waals surface area contributed by atoms with Gasteiger partial charge in [-0.1, -0.05) is 0 Å². The molecule has 0 aliphatic rings. The lowest BCUT2D eigenvalue weighted by Crippen LogP contribution is -2.14. The summed E-state index contributed by atoms with van der Waals surface area (Å²) in [4.78, 5) is 6.14. The summed E-state index contributed by atoms with van der Waals surface area (Å²) in [6, 6.07) is 1.08. The van der Waals surface area contributed by atoms with Gasteiger partial charge in [-0.2, -0.15) is 8.42 Å².